The van der Waals surface area contributed by atoms with Gasteiger partial charge in [-0.25, -0.2) is 4.79 Å². The Balaban J connectivity index is 1.97. The number of alkyl carbamates (subject to hydrolysis) is 1. The zero-order chi connectivity index (χ0) is 18.7. The molecule has 140 valence electrons. The first-order valence-electron chi connectivity index (χ1n) is 8.15. The summed E-state index contributed by atoms with van der Waals surface area (Å²) >= 11 is 0. The number of hydrogen-bond donors (Lipinski definition) is 1. The lowest BCUT2D eigenvalue weighted by Gasteiger charge is -2.31. The molecule has 1 saturated heterocycles. The molecular weight excluding hydrogens is 344 g/mol. The average molecular weight is 370 g/mol. The molecule has 7 nitrogen and oxygen atoms in total. The molecule has 0 radical (unpaired) electrons. The summed E-state index contributed by atoms with van der Waals surface area (Å²) in [5.41, 5.74) is 0.716. The van der Waals surface area contributed by atoms with Gasteiger partial charge >= 0.3 is 6.09 Å². The van der Waals surface area contributed by atoms with Crippen LogP contribution in [0.4, 0.5) is 4.79 Å². The van der Waals surface area contributed by atoms with Crippen LogP contribution < -0.4 is 5.32 Å². The predicted molar refractivity (Wildman–Crippen MR) is 94.6 cm³/mol. The van der Waals surface area contributed by atoms with Gasteiger partial charge in [-0.05, 0) is 26.3 Å². The van der Waals surface area contributed by atoms with E-state index in [9.17, 15) is 13.2 Å². The summed E-state index contributed by atoms with van der Waals surface area (Å²) in [5, 5.41) is 2.73. The number of nitrogens with one attached hydrogen (secondary N) is 1. The van der Waals surface area contributed by atoms with Crippen molar-refractivity contribution in [1.82, 2.24) is 10.2 Å². The number of benzene rings is 1. The van der Waals surface area contributed by atoms with Crippen LogP contribution in [-0.4, -0.2) is 56.4 Å². The Labute approximate surface area is 149 Å². The normalized spacial score (nSPS) is 21.9. The Morgan fingerprint density at radius 2 is 1.88 bits per heavy atom. The SMILES string of the molecule is CC(C)(C)N1C[C@@H](NC(=O)OCc2ccccc2)[C@H](OS(C)(=O)=O)C1. The molecule has 2 rings (SSSR count). The van der Waals surface area contributed by atoms with E-state index in [-0.39, 0.29) is 12.1 Å². The third-order valence-corrected chi connectivity index (χ3v) is 4.63. The summed E-state index contributed by atoms with van der Waals surface area (Å²) in [6.07, 6.45) is -0.220. The molecule has 1 fully saturated rings. The monoisotopic (exact) mass is 370 g/mol. The van der Waals surface area contributed by atoms with Crippen molar-refractivity contribution in [2.75, 3.05) is 19.3 Å². The molecule has 25 heavy (non-hydrogen) atoms. The smallest absolute Gasteiger partial charge is 0.407 e. The Bertz CT molecular complexity index is 685. The standard InChI is InChI=1S/C17H26N2O5S/c1-17(2,3)19-10-14(15(11-19)24-25(4,21)22)18-16(20)23-12-13-8-6-5-7-9-13/h5-9,14-15H,10-12H2,1-4H3,(H,18,20)/t14-,15-/m1/s1. The van der Waals surface area contributed by atoms with Gasteiger partial charge in [-0.3, -0.25) is 9.08 Å². The van der Waals surface area contributed by atoms with E-state index < -0.39 is 28.4 Å². The van der Waals surface area contributed by atoms with Crippen LogP contribution in [0.3, 0.4) is 0 Å². The number of carbonyl (C=O) groups excluding carboxylic acids is 1. The number of likely N-dealkylation sites (tertiary alicyclic amines) is 1. The van der Waals surface area contributed by atoms with Crippen molar-refractivity contribution in [2.45, 2.75) is 45.1 Å². The molecule has 2 atom stereocenters. The first kappa shape index (κ1) is 19.7. The van der Waals surface area contributed by atoms with Crippen LogP contribution in [0.5, 0.6) is 0 Å². The van der Waals surface area contributed by atoms with E-state index >= 15 is 0 Å². The molecule has 1 heterocycles. The van der Waals surface area contributed by atoms with E-state index in [2.05, 4.69) is 10.2 Å². The Kier molecular flexibility index (Phi) is 6.08. The fourth-order valence-corrected chi connectivity index (χ4v) is 3.34. The minimum atomic E-state index is -3.62. The van der Waals surface area contributed by atoms with Crippen molar-refractivity contribution >= 4 is 16.2 Å². The largest absolute Gasteiger partial charge is 0.445 e. The number of ether oxygens (including phenoxy) is 1. The highest BCUT2D eigenvalue weighted by molar-refractivity contribution is 7.86. The van der Waals surface area contributed by atoms with E-state index in [0.29, 0.717) is 13.1 Å². The highest BCUT2D eigenvalue weighted by Gasteiger charge is 2.41. The van der Waals surface area contributed by atoms with E-state index in [0.717, 1.165) is 11.8 Å². The maximum absolute atomic E-state index is 12.1. The summed E-state index contributed by atoms with van der Waals surface area (Å²) in [4.78, 5) is 14.2. The third kappa shape index (κ3) is 6.30. The molecule has 1 aliphatic rings. The fourth-order valence-electron chi connectivity index (χ4n) is 2.70. The maximum atomic E-state index is 12.1. The first-order valence-corrected chi connectivity index (χ1v) is 9.97. The van der Waals surface area contributed by atoms with Crippen LogP contribution in [0.1, 0.15) is 26.3 Å². The summed E-state index contributed by atoms with van der Waals surface area (Å²) in [5.74, 6) is 0. The van der Waals surface area contributed by atoms with Crippen molar-refractivity contribution in [3.8, 4) is 0 Å². The van der Waals surface area contributed by atoms with Gasteiger partial charge in [-0.2, -0.15) is 8.42 Å². The quantitative estimate of drug-likeness (QED) is 0.795. The van der Waals surface area contributed by atoms with Crippen molar-refractivity contribution in [1.29, 1.82) is 0 Å². The van der Waals surface area contributed by atoms with Crippen LogP contribution in [-0.2, 0) is 25.6 Å². The second-order valence-electron chi connectivity index (χ2n) is 7.23. The van der Waals surface area contributed by atoms with Gasteiger partial charge in [0.05, 0.1) is 12.3 Å². The predicted octanol–water partition coefficient (Wildman–Crippen LogP) is 1.74. The molecule has 0 saturated carbocycles. The molecule has 0 unspecified atom stereocenters. The lowest BCUT2D eigenvalue weighted by atomic mass is 10.1. The van der Waals surface area contributed by atoms with Gasteiger partial charge in [0, 0.05) is 18.6 Å². The molecule has 0 spiro atoms. The molecule has 1 aliphatic heterocycles. The Morgan fingerprint density at radius 3 is 2.44 bits per heavy atom. The van der Waals surface area contributed by atoms with Gasteiger partial charge in [0.25, 0.3) is 10.1 Å². The second-order valence-corrected chi connectivity index (χ2v) is 8.83. The summed E-state index contributed by atoms with van der Waals surface area (Å²) < 4.78 is 33.4. The lowest BCUT2D eigenvalue weighted by molar-refractivity contribution is 0.125. The zero-order valence-corrected chi connectivity index (χ0v) is 15.9. The number of hydrogen-bond acceptors (Lipinski definition) is 6. The molecular formula is C17H26N2O5S. The molecule has 1 N–H and O–H groups in total. The number of carbonyl (C=O) groups is 1. The molecule has 1 aromatic carbocycles. The second kappa shape index (κ2) is 7.72. The molecule has 0 bridgehead atoms. The summed E-state index contributed by atoms with van der Waals surface area (Å²) in [7, 11) is -3.62. The fraction of sp³-hybridized carbons (Fsp3) is 0.588. The van der Waals surface area contributed by atoms with Crippen molar-refractivity contribution in [3.63, 3.8) is 0 Å². The molecule has 0 aliphatic carbocycles. The Morgan fingerprint density at radius 1 is 1.24 bits per heavy atom. The van der Waals surface area contributed by atoms with Crippen LogP contribution in [0, 0.1) is 0 Å². The van der Waals surface area contributed by atoms with Crippen molar-refractivity contribution in [2.24, 2.45) is 0 Å². The highest BCUT2D eigenvalue weighted by atomic mass is 32.2. The van der Waals surface area contributed by atoms with Gasteiger partial charge in [0.2, 0.25) is 0 Å². The van der Waals surface area contributed by atoms with Crippen LogP contribution in [0.15, 0.2) is 30.3 Å². The van der Waals surface area contributed by atoms with Crippen LogP contribution in [0.25, 0.3) is 0 Å². The minimum Gasteiger partial charge on any atom is -0.445 e. The average Bonchev–Trinajstić information content (AvgIpc) is 2.87. The lowest BCUT2D eigenvalue weighted by Crippen LogP contribution is -2.45. The summed E-state index contributed by atoms with van der Waals surface area (Å²) in [6.45, 7) is 7.14. The van der Waals surface area contributed by atoms with Gasteiger partial charge in [0.1, 0.15) is 12.7 Å². The van der Waals surface area contributed by atoms with Gasteiger partial charge < -0.3 is 10.1 Å². The van der Waals surface area contributed by atoms with Gasteiger partial charge in [-0.1, -0.05) is 30.3 Å². The molecule has 1 amide bonds. The molecule has 1 aromatic rings. The van der Waals surface area contributed by atoms with Gasteiger partial charge in [0.15, 0.2) is 0 Å². The van der Waals surface area contributed by atoms with E-state index in [1.807, 2.05) is 51.1 Å². The first-order chi connectivity index (χ1) is 11.5. The van der Waals surface area contributed by atoms with Crippen LogP contribution >= 0.6 is 0 Å². The molecule has 0 aromatic heterocycles. The maximum Gasteiger partial charge on any atom is 0.407 e. The van der Waals surface area contributed by atoms with E-state index in [1.165, 1.54) is 0 Å². The van der Waals surface area contributed by atoms with Crippen molar-refractivity contribution in [3.05, 3.63) is 35.9 Å². The summed E-state index contributed by atoms with van der Waals surface area (Å²) in [6, 6.07) is 8.88. The van der Waals surface area contributed by atoms with Crippen molar-refractivity contribution < 1.29 is 22.1 Å². The minimum absolute atomic E-state index is 0.153. The zero-order valence-electron chi connectivity index (χ0n) is 15.1. The van der Waals surface area contributed by atoms with Crippen LogP contribution in [0.2, 0.25) is 0 Å². The Hall–Kier alpha value is -1.64. The number of nitrogens with zero attached hydrogens (tertiary/aromatic N) is 1. The van der Waals surface area contributed by atoms with Gasteiger partial charge in [-0.15, -0.1) is 0 Å². The van der Waals surface area contributed by atoms with E-state index in [4.69, 9.17) is 8.92 Å². The third-order valence-electron chi connectivity index (χ3n) is 4.03. The number of rotatable bonds is 5. The number of amides is 1. The topological polar surface area (TPSA) is 84.9 Å². The van der Waals surface area contributed by atoms with E-state index in [1.54, 1.807) is 0 Å². The highest BCUT2D eigenvalue weighted by Crippen LogP contribution is 2.23. The molecule has 8 heteroatoms.